The van der Waals surface area contributed by atoms with Crippen molar-refractivity contribution in [1.29, 1.82) is 0 Å². The molecule has 2 heterocycles. The molecule has 1 atom stereocenters. The lowest BCUT2D eigenvalue weighted by molar-refractivity contribution is -0.385. The normalized spacial score (nSPS) is 18.4. The van der Waals surface area contributed by atoms with Crippen LogP contribution in [0.3, 0.4) is 0 Å². The maximum Gasteiger partial charge on any atom is 0.338 e. The van der Waals surface area contributed by atoms with Crippen molar-refractivity contribution in [2.24, 2.45) is 0 Å². The first-order valence-electron chi connectivity index (χ1n) is 8.35. The summed E-state index contributed by atoms with van der Waals surface area (Å²) in [5.41, 5.74) is 0.320. The standard InChI is InChI=1S/C17H19N3O7/c1-4-5-25-16(21)14-9(2)19(3)17(22)18-15(14)10-6-12-13(27-8-26-12)7-11(10)20(23)24/h6-7,15H,4-5,8H2,1-3H3,(H,18,22)/t15-/m0/s1. The van der Waals surface area contributed by atoms with Gasteiger partial charge in [0.15, 0.2) is 11.5 Å². The number of hydrogen-bond donors (Lipinski definition) is 1. The van der Waals surface area contributed by atoms with Crippen molar-refractivity contribution in [3.63, 3.8) is 0 Å². The number of urea groups is 1. The SMILES string of the molecule is CCCOC(=O)C1=C(C)N(C)C(=O)N[C@H]1c1cc2c(cc1[N+](=O)[O-])OCO2. The van der Waals surface area contributed by atoms with Crippen molar-refractivity contribution in [1.82, 2.24) is 10.2 Å². The van der Waals surface area contributed by atoms with Crippen molar-refractivity contribution < 1.29 is 28.7 Å². The van der Waals surface area contributed by atoms with E-state index in [1.807, 2.05) is 6.92 Å². The number of nitrogens with one attached hydrogen (secondary N) is 1. The van der Waals surface area contributed by atoms with Gasteiger partial charge < -0.3 is 24.4 Å². The number of nitro groups is 1. The molecule has 0 spiro atoms. The van der Waals surface area contributed by atoms with Gasteiger partial charge in [0, 0.05) is 12.7 Å². The van der Waals surface area contributed by atoms with E-state index in [1.54, 1.807) is 6.92 Å². The van der Waals surface area contributed by atoms with Crippen LogP contribution < -0.4 is 14.8 Å². The lowest BCUT2D eigenvalue weighted by Gasteiger charge is -2.33. The molecule has 3 rings (SSSR count). The molecule has 1 aromatic carbocycles. The third-order valence-corrected chi connectivity index (χ3v) is 4.44. The van der Waals surface area contributed by atoms with E-state index >= 15 is 0 Å². The van der Waals surface area contributed by atoms with E-state index in [2.05, 4.69) is 5.32 Å². The fraction of sp³-hybridized carbons (Fsp3) is 0.412. The first kappa shape index (κ1) is 18.5. The lowest BCUT2D eigenvalue weighted by Crippen LogP contribution is -2.46. The number of fused-ring (bicyclic) bond motifs is 1. The molecule has 0 aliphatic carbocycles. The molecule has 144 valence electrons. The Hall–Kier alpha value is -3.30. The molecule has 1 aromatic rings. The average Bonchev–Trinajstić information content (AvgIpc) is 3.10. The molecule has 0 saturated carbocycles. The first-order valence-corrected chi connectivity index (χ1v) is 8.35. The third-order valence-electron chi connectivity index (χ3n) is 4.44. The number of amides is 2. The summed E-state index contributed by atoms with van der Waals surface area (Å²) in [4.78, 5) is 37.2. The number of nitro benzene ring substituents is 1. The van der Waals surface area contributed by atoms with Gasteiger partial charge >= 0.3 is 12.0 Å². The van der Waals surface area contributed by atoms with Gasteiger partial charge in [0.05, 0.1) is 34.8 Å². The quantitative estimate of drug-likeness (QED) is 0.474. The molecule has 10 nitrogen and oxygen atoms in total. The van der Waals surface area contributed by atoms with E-state index in [0.29, 0.717) is 17.9 Å². The van der Waals surface area contributed by atoms with E-state index in [4.69, 9.17) is 14.2 Å². The van der Waals surface area contributed by atoms with Gasteiger partial charge in [-0.05, 0) is 19.4 Å². The Balaban J connectivity index is 2.14. The first-order chi connectivity index (χ1) is 12.8. The Morgan fingerprint density at radius 1 is 1.41 bits per heavy atom. The van der Waals surface area contributed by atoms with Crippen molar-refractivity contribution in [3.8, 4) is 11.5 Å². The molecule has 1 N–H and O–H groups in total. The van der Waals surface area contributed by atoms with Crippen LogP contribution in [-0.2, 0) is 9.53 Å². The summed E-state index contributed by atoms with van der Waals surface area (Å²) in [5.74, 6) is -0.0959. The zero-order valence-corrected chi connectivity index (χ0v) is 15.1. The van der Waals surface area contributed by atoms with E-state index < -0.39 is 23.0 Å². The number of allylic oxidation sites excluding steroid dienone is 1. The molecular formula is C17H19N3O7. The van der Waals surface area contributed by atoms with Crippen LogP contribution in [0.4, 0.5) is 10.5 Å². The molecule has 0 saturated heterocycles. The monoisotopic (exact) mass is 377 g/mol. The van der Waals surface area contributed by atoms with Crippen molar-refractivity contribution in [3.05, 3.63) is 39.1 Å². The number of carbonyl (C=O) groups is 2. The van der Waals surface area contributed by atoms with Crippen LogP contribution in [0.15, 0.2) is 23.4 Å². The molecule has 10 heteroatoms. The van der Waals surface area contributed by atoms with Crippen LogP contribution in [0.5, 0.6) is 11.5 Å². The average molecular weight is 377 g/mol. The fourth-order valence-corrected chi connectivity index (χ4v) is 2.94. The molecule has 2 amide bonds. The Labute approximate surface area is 154 Å². The van der Waals surface area contributed by atoms with Crippen LogP contribution in [-0.4, -0.2) is 42.3 Å². The molecule has 0 aromatic heterocycles. The minimum atomic E-state index is -1.05. The highest BCUT2D eigenvalue weighted by Crippen LogP contribution is 2.43. The highest BCUT2D eigenvalue weighted by molar-refractivity contribution is 5.95. The summed E-state index contributed by atoms with van der Waals surface area (Å²) >= 11 is 0. The minimum absolute atomic E-state index is 0.0596. The van der Waals surface area contributed by atoms with Gasteiger partial charge in [0.2, 0.25) is 6.79 Å². The molecule has 0 bridgehead atoms. The van der Waals surface area contributed by atoms with E-state index in [1.165, 1.54) is 24.1 Å². The van der Waals surface area contributed by atoms with Crippen molar-refractivity contribution >= 4 is 17.7 Å². The highest BCUT2D eigenvalue weighted by Gasteiger charge is 2.39. The Morgan fingerprint density at radius 2 is 2.07 bits per heavy atom. The topological polar surface area (TPSA) is 120 Å². The number of carbonyl (C=O) groups excluding carboxylic acids is 2. The van der Waals surface area contributed by atoms with Crippen LogP contribution in [0, 0.1) is 10.1 Å². The predicted molar refractivity (Wildman–Crippen MR) is 92.2 cm³/mol. The summed E-state index contributed by atoms with van der Waals surface area (Å²) < 4.78 is 15.7. The maximum absolute atomic E-state index is 12.6. The van der Waals surface area contributed by atoms with Gasteiger partial charge in [0.1, 0.15) is 0 Å². The van der Waals surface area contributed by atoms with Crippen LogP contribution in [0.25, 0.3) is 0 Å². The second-order valence-electron chi connectivity index (χ2n) is 6.10. The van der Waals surface area contributed by atoms with E-state index in [-0.39, 0.29) is 36.0 Å². The summed E-state index contributed by atoms with van der Waals surface area (Å²) in [6.07, 6.45) is 0.620. The second kappa shape index (κ2) is 7.14. The van der Waals surface area contributed by atoms with Crippen LogP contribution in [0.1, 0.15) is 31.9 Å². The Bertz CT molecular complexity index is 849. The zero-order chi connectivity index (χ0) is 19.7. The van der Waals surface area contributed by atoms with Gasteiger partial charge in [-0.1, -0.05) is 6.92 Å². The zero-order valence-electron chi connectivity index (χ0n) is 15.1. The molecular weight excluding hydrogens is 358 g/mol. The van der Waals surface area contributed by atoms with Gasteiger partial charge in [-0.2, -0.15) is 0 Å². The second-order valence-corrected chi connectivity index (χ2v) is 6.10. The highest BCUT2D eigenvalue weighted by atomic mass is 16.7. The number of benzene rings is 1. The smallest absolute Gasteiger partial charge is 0.338 e. The third kappa shape index (κ3) is 3.25. The minimum Gasteiger partial charge on any atom is -0.462 e. The number of nitrogens with zero attached hydrogens (tertiary/aromatic N) is 2. The van der Waals surface area contributed by atoms with Gasteiger partial charge in [-0.15, -0.1) is 0 Å². The van der Waals surface area contributed by atoms with Crippen LogP contribution in [0.2, 0.25) is 0 Å². The molecule has 0 unspecified atom stereocenters. The van der Waals surface area contributed by atoms with E-state index in [0.717, 1.165) is 0 Å². The number of rotatable bonds is 5. The number of esters is 1. The summed E-state index contributed by atoms with van der Waals surface area (Å²) in [5, 5.41) is 14.2. The molecule has 2 aliphatic rings. The van der Waals surface area contributed by atoms with Gasteiger partial charge in [-0.25, -0.2) is 9.59 Å². The lowest BCUT2D eigenvalue weighted by atomic mass is 9.93. The fourth-order valence-electron chi connectivity index (χ4n) is 2.94. The van der Waals surface area contributed by atoms with Crippen molar-refractivity contribution in [2.75, 3.05) is 20.4 Å². The summed E-state index contributed by atoms with van der Waals surface area (Å²) in [7, 11) is 1.50. The number of ether oxygens (including phenoxy) is 3. The van der Waals surface area contributed by atoms with Gasteiger partial charge in [0.25, 0.3) is 5.69 Å². The molecule has 0 fully saturated rings. The number of hydrogen-bond acceptors (Lipinski definition) is 7. The molecule has 0 radical (unpaired) electrons. The Morgan fingerprint density at radius 3 is 2.70 bits per heavy atom. The summed E-state index contributed by atoms with van der Waals surface area (Å²) in [6.45, 7) is 3.58. The Kier molecular flexibility index (Phi) is 4.89. The van der Waals surface area contributed by atoms with Crippen LogP contribution >= 0.6 is 0 Å². The van der Waals surface area contributed by atoms with Crippen molar-refractivity contribution in [2.45, 2.75) is 26.3 Å². The van der Waals surface area contributed by atoms with Gasteiger partial charge in [-0.3, -0.25) is 10.1 Å². The van der Waals surface area contributed by atoms with E-state index in [9.17, 15) is 19.7 Å². The largest absolute Gasteiger partial charge is 0.462 e. The molecule has 2 aliphatic heterocycles. The summed E-state index contributed by atoms with van der Waals surface area (Å²) in [6, 6.07) is 1.10. The maximum atomic E-state index is 12.6. The predicted octanol–water partition coefficient (Wildman–Crippen LogP) is 2.25. The molecule has 27 heavy (non-hydrogen) atoms.